The fourth-order valence-electron chi connectivity index (χ4n) is 1.82. The summed E-state index contributed by atoms with van der Waals surface area (Å²) in [7, 11) is 0. The van der Waals surface area contributed by atoms with Crippen molar-refractivity contribution < 1.29 is 14.4 Å². The maximum Gasteiger partial charge on any atom is 0.315 e. The van der Waals surface area contributed by atoms with Gasteiger partial charge in [-0.25, -0.2) is 4.79 Å². The average molecular weight is 242 g/mol. The van der Waals surface area contributed by atoms with Gasteiger partial charge in [0, 0.05) is 18.5 Å². The molecule has 4 amide bonds. The Hall–Kier alpha value is -1.79. The topological polar surface area (TPSA) is 119 Å². The van der Waals surface area contributed by atoms with E-state index in [2.05, 4.69) is 5.32 Å². The summed E-state index contributed by atoms with van der Waals surface area (Å²) in [6.45, 7) is 3.75. The Balaban J connectivity index is 2.66. The minimum Gasteiger partial charge on any atom is -0.368 e. The summed E-state index contributed by atoms with van der Waals surface area (Å²) in [5.74, 6) is -0.876. The molecule has 0 aliphatic carbocycles. The van der Waals surface area contributed by atoms with E-state index in [4.69, 9.17) is 11.5 Å². The van der Waals surface area contributed by atoms with Crippen LogP contribution < -0.4 is 16.8 Å². The fraction of sp³-hybridized carbons (Fsp3) is 0.700. The highest BCUT2D eigenvalue weighted by atomic mass is 16.2. The molecule has 1 aliphatic heterocycles. The third-order valence-corrected chi connectivity index (χ3v) is 2.78. The smallest absolute Gasteiger partial charge is 0.315 e. The van der Waals surface area contributed by atoms with Crippen molar-refractivity contribution in [2.75, 3.05) is 6.54 Å². The molecule has 0 radical (unpaired) electrons. The number of carbonyl (C=O) groups is 3. The molecule has 0 aromatic carbocycles. The van der Waals surface area contributed by atoms with Crippen molar-refractivity contribution in [1.29, 1.82) is 0 Å². The second kappa shape index (κ2) is 5.03. The monoisotopic (exact) mass is 242 g/mol. The summed E-state index contributed by atoms with van der Waals surface area (Å²) < 4.78 is 0. The van der Waals surface area contributed by atoms with Gasteiger partial charge in [0.05, 0.1) is 0 Å². The van der Waals surface area contributed by atoms with E-state index in [9.17, 15) is 14.4 Å². The lowest BCUT2D eigenvalue weighted by Gasteiger charge is -2.19. The second-order valence-electron chi connectivity index (χ2n) is 4.50. The van der Waals surface area contributed by atoms with Crippen LogP contribution in [0, 0.1) is 5.92 Å². The van der Waals surface area contributed by atoms with Crippen LogP contribution >= 0.6 is 0 Å². The van der Waals surface area contributed by atoms with Gasteiger partial charge >= 0.3 is 6.03 Å². The number of nitrogens with one attached hydrogen (secondary N) is 1. The SMILES string of the molecule is CC(C)C(=O)NC1CC(C(N)=O)N(C(N)=O)C1. The van der Waals surface area contributed by atoms with Crippen LogP contribution in [0.25, 0.3) is 0 Å². The number of amides is 4. The van der Waals surface area contributed by atoms with Crippen molar-refractivity contribution in [3.63, 3.8) is 0 Å². The summed E-state index contributed by atoms with van der Waals surface area (Å²) in [6.07, 6.45) is 0.316. The maximum absolute atomic E-state index is 11.5. The summed E-state index contributed by atoms with van der Waals surface area (Å²) in [5, 5.41) is 2.75. The number of hydrogen-bond acceptors (Lipinski definition) is 3. The highest BCUT2D eigenvalue weighted by Crippen LogP contribution is 2.17. The lowest BCUT2D eigenvalue weighted by atomic mass is 10.1. The summed E-state index contributed by atoms with van der Waals surface area (Å²) in [6, 6.07) is -1.70. The first-order chi connectivity index (χ1) is 7.82. The van der Waals surface area contributed by atoms with E-state index in [0.29, 0.717) is 6.42 Å². The van der Waals surface area contributed by atoms with Crippen molar-refractivity contribution in [2.24, 2.45) is 17.4 Å². The zero-order valence-electron chi connectivity index (χ0n) is 9.97. The van der Waals surface area contributed by atoms with Crippen LogP contribution in [0.2, 0.25) is 0 Å². The molecule has 0 saturated carbocycles. The molecule has 2 unspecified atom stereocenters. The first-order valence-electron chi connectivity index (χ1n) is 5.48. The quantitative estimate of drug-likeness (QED) is 0.574. The van der Waals surface area contributed by atoms with Gasteiger partial charge < -0.3 is 21.7 Å². The van der Waals surface area contributed by atoms with Crippen LogP contribution in [0.3, 0.4) is 0 Å². The molecule has 2 atom stereocenters. The van der Waals surface area contributed by atoms with Gasteiger partial charge in [-0.05, 0) is 6.42 Å². The average Bonchev–Trinajstić information content (AvgIpc) is 2.61. The summed E-state index contributed by atoms with van der Waals surface area (Å²) >= 11 is 0. The Labute approximate surface area is 99.5 Å². The van der Waals surface area contributed by atoms with Crippen molar-refractivity contribution in [3.05, 3.63) is 0 Å². The third-order valence-electron chi connectivity index (χ3n) is 2.78. The summed E-state index contributed by atoms with van der Waals surface area (Å²) in [5.41, 5.74) is 10.3. The minimum atomic E-state index is -0.732. The standard InChI is InChI=1S/C10H18N4O3/c1-5(2)9(16)13-6-3-7(8(11)15)14(4-6)10(12)17/h5-7H,3-4H2,1-2H3,(H2,11,15)(H2,12,17)(H,13,16). The molecule has 96 valence electrons. The van der Waals surface area contributed by atoms with Gasteiger partial charge in [-0.2, -0.15) is 0 Å². The van der Waals surface area contributed by atoms with Gasteiger partial charge in [-0.15, -0.1) is 0 Å². The van der Waals surface area contributed by atoms with E-state index < -0.39 is 18.0 Å². The predicted octanol–water partition coefficient (Wildman–Crippen LogP) is -1.23. The van der Waals surface area contributed by atoms with Gasteiger partial charge in [0.15, 0.2) is 0 Å². The van der Waals surface area contributed by atoms with E-state index >= 15 is 0 Å². The number of nitrogens with two attached hydrogens (primary N) is 2. The van der Waals surface area contributed by atoms with Crippen LogP contribution in [0.1, 0.15) is 20.3 Å². The number of nitrogens with zero attached hydrogens (tertiary/aromatic N) is 1. The highest BCUT2D eigenvalue weighted by Gasteiger charge is 2.38. The number of carbonyl (C=O) groups excluding carboxylic acids is 3. The molecule has 7 heteroatoms. The Morgan fingerprint density at radius 3 is 2.24 bits per heavy atom. The zero-order valence-corrected chi connectivity index (χ0v) is 9.97. The Morgan fingerprint density at radius 2 is 1.88 bits per heavy atom. The number of rotatable bonds is 3. The van der Waals surface area contributed by atoms with Crippen LogP contribution in [0.5, 0.6) is 0 Å². The van der Waals surface area contributed by atoms with Crippen LogP contribution in [0.4, 0.5) is 4.79 Å². The highest BCUT2D eigenvalue weighted by molar-refractivity contribution is 5.86. The van der Waals surface area contributed by atoms with E-state index in [1.807, 2.05) is 0 Å². The predicted molar refractivity (Wildman–Crippen MR) is 60.7 cm³/mol. The molecule has 0 spiro atoms. The second-order valence-corrected chi connectivity index (χ2v) is 4.50. The number of likely N-dealkylation sites (tertiary alicyclic amines) is 1. The van der Waals surface area contributed by atoms with Gasteiger partial charge in [0.1, 0.15) is 6.04 Å². The van der Waals surface area contributed by atoms with E-state index in [-0.39, 0.29) is 24.4 Å². The normalized spacial score (nSPS) is 23.8. The lowest BCUT2D eigenvalue weighted by molar-refractivity contribution is -0.125. The molecule has 5 N–H and O–H groups in total. The third kappa shape index (κ3) is 3.08. The first kappa shape index (κ1) is 13.3. The number of urea groups is 1. The zero-order chi connectivity index (χ0) is 13.2. The molecule has 1 aliphatic rings. The van der Waals surface area contributed by atoms with Crippen LogP contribution in [0.15, 0.2) is 0 Å². The van der Waals surface area contributed by atoms with Gasteiger partial charge in [-0.3, -0.25) is 9.59 Å². The largest absolute Gasteiger partial charge is 0.368 e. The molecular weight excluding hydrogens is 224 g/mol. The molecule has 1 heterocycles. The molecular formula is C10H18N4O3. The lowest BCUT2D eigenvalue weighted by Crippen LogP contribution is -2.46. The molecule has 0 aromatic rings. The van der Waals surface area contributed by atoms with Gasteiger partial charge in [0.2, 0.25) is 11.8 Å². The molecule has 17 heavy (non-hydrogen) atoms. The van der Waals surface area contributed by atoms with Gasteiger partial charge in [0.25, 0.3) is 0 Å². The molecule has 0 aromatic heterocycles. The molecule has 1 rings (SSSR count). The number of primary amides is 2. The van der Waals surface area contributed by atoms with Crippen molar-refractivity contribution in [2.45, 2.75) is 32.4 Å². The van der Waals surface area contributed by atoms with E-state index in [0.717, 1.165) is 0 Å². The molecule has 7 nitrogen and oxygen atoms in total. The Bertz CT molecular complexity index is 320. The molecule has 1 fully saturated rings. The van der Waals surface area contributed by atoms with E-state index in [1.54, 1.807) is 13.8 Å². The van der Waals surface area contributed by atoms with Gasteiger partial charge in [-0.1, -0.05) is 13.8 Å². The van der Waals surface area contributed by atoms with E-state index in [1.165, 1.54) is 4.90 Å². The van der Waals surface area contributed by atoms with Crippen molar-refractivity contribution >= 4 is 17.8 Å². The minimum absolute atomic E-state index is 0.121. The molecule has 1 saturated heterocycles. The van der Waals surface area contributed by atoms with Crippen molar-refractivity contribution in [3.8, 4) is 0 Å². The van der Waals surface area contributed by atoms with Crippen molar-refractivity contribution in [1.82, 2.24) is 10.2 Å². The summed E-state index contributed by atoms with van der Waals surface area (Å²) in [4.78, 5) is 34.9. The maximum atomic E-state index is 11.5. The van der Waals surface area contributed by atoms with Crippen LogP contribution in [-0.2, 0) is 9.59 Å². The Kier molecular flexibility index (Phi) is 3.93. The fourth-order valence-corrected chi connectivity index (χ4v) is 1.82. The first-order valence-corrected chi connectivity index (χ1v) is 5.48. The van der Waals surface area contributed by atoms with Crippen LogP contribution in [-0.4, -0.2) is 41.4 Å². The Morgan fingerprint density at radius 1 is 1.29 bits per heavy atom. The molecule has 0 bridgehead atoms. The number of hydrogen-bond donors (Lipinski definition) is 3.